The minimum Gasteiger partial charge on any atom is -0.348 e. The molecule has 0 saturated heterocycles. The van der Waals surface area contributed by atoms with Crippen LogP contribution < -0.4 is 9.62 Å². The first kappa shape index (κ1) is 23.1. The van der Waals surface area contributed by atoms with Gasteiger partial charge in [0.2, 0.25) is 5.91 Å². The molecule has 0 spiro atoms. The number of sulfonamides is 1. The van der Waals surface area contributed by atoms with Crippen molar-refractivity contribution in [2.45, 2.75) is 51.0 Å². The van der Waals surface area contributed by atoms with E-state index in [1.807, 2.05) is 32.9 Å². The summed E-state index contributed by atoms with van der Waals surface area (Å²) in [5, 5.41) is 3.00. The first-order valence-electron chi connectivity index (χ1n) is 11.3. The molecular formula is C27H30N2O3S. The normalized spacial score (nSPS) is 13.9. The van der Waals surface area contributed by atoms with Gasteiger partial charge in [0.1, 0.15) is 6.54 Å². The lowest BCUT2D eigenvalue weighted by molar-refractivity contribution is -0.120. The van der Waals surface area contributed by atoms with Gasteiger partial charge in [-0.05, 0) is 86.1 Å². The number of fused-ring (bicyclic) bond motifs is 1. The van der Waals surface area contributed by atoms with Crippen LogP contribution in [0, 0.1) is 13.8 Å². The highest BCUT2D eigenvalue weighted by molar-refractivity contribution is 7.92. The Morgan fingerprint density at radius 2 is 1.70 bits per heavy atom. The van der Waals surface area contributed by atoms with Crippen LogP contribution in [0.2, 0.25) is 0 Å². The van der Waals surface area contributed by atoms with E-state index in [1.165, 1.54) is 21.9 Å². The quantitative estimate of drug-likeness (QED) is 0.545. The topological polar surface area (TPSA) is 66.5 Å². The number of amides is 1. The number of carbonyl (C=O) groups is 1. The average molecular weight is 463 g/mol. The van der Waals surface area contributed by atoms with E-state index in [0.717, 1.165) is 29.5 Å². The van der Waals surface area contributed by atoms with Gasteiger partial charge in [0.15, 0.2) is 0 Å². The van der Waals surface area contributed by atoms with Gasteiger partial charge in [-0.3, -0.25) is 9.10 Å². The van der Waals surface area contributed by atoms with Crippen molar-refractivity contribution in [3.05, 3.63) is 94.5 Å². The molecule has 1 atom stereocenters. The van der Waals surface area contributed by atoms with Gasteiger partial charge < -0.3 is 5.32 Å². The Labute approximate surface area is 196 Å². The highest BCUT2D eigenvalue weighted by atomic mass is 32.2. The maximum Gasteiger partial charge on any atom is 0.264 e. The number of benzene rings is 3. The lowest BCUT2D eigenvalue weighted by Gasteiger charge is -2.27. The predicted molar refractivity (Wildman–Crippen MR) is 132 cm³/mol. The van der Waals surface area contributed by atoms with Gasteiger partial charge in [0.05, 0.1) is 16.6 Å². The van der Waals surface area contributed by atoms with E-state index in [9.17, 15) is 13.2 Å². The van der Waals surface area contributed by atoms with Gasteiger partial charge in [0.25, 0.3) is 10.0 Å². The van der Waals surface area contributed by atoms with Crippen molar-refractivity contribution < 1.29 is 13.2 Å². The fourth-order valence-corrected chi connectivity index (χ4v) is 5.89. The van der Waals surface area contributed by atoms with Crippen LogP contribution in [-0.2, 0) is 27.7 Å². The van der Waals surface area contributed by atoms with Crippen LogP contribution in [0.5, 0.6) is 0 Å². The number of carbonyl (C=O) groups excluding carboxylic acids is 1. The first-order valence-corrected chi connectivity index (χ1v) is 12.8. The molecule has 1 aliphatic carbocycles. The summed E-state index contributed by atoms with van der Waals surface area (Å²) in [7, 11) is -3.92. The van der Waals surface area contributed by atoms with Gasteiger partial charge in [-0.15, -0.1) is 0 Å². The van der Waals surface area contributed by atoms with Crippen molar-refractivity contribution in [1.82, 2.24) is 5.32 Å². The molecule has 0 radical (unpaired) electrons. The number of aryl methyl sites for hydroxylation is 3. The Morgan fingerprint density at radius 1 is 0.970 bits per heavy atom. The van der Waals surface area contributed by atoms with E-state index in [-0.39, 0.29) is 23.4 Å². The lowest BCUT2D eigenvalue weighted by Crippen LogP contribution is -2.42. The second-order valence-electron chi connectivity index (χ2n) is 8.71. The van der Waals surface area contributed by atoms with Gasteiger partial charge >= 0.3 is 0 Å². The van der Waals surface area contributed by atoms with Crippen molar-refractivity contribution >= 4 is 21.6 Å². The predicted octanol–water partition coefficient (Wildman–Crippen LogP) is 4.86. The number of nitrogens with zero attached hydrogens (tertiary/aromatic N) is 1. The van der Waals surface area contributed by atoms with Crippen molar-refractivity contribution in [2.24, 2.45) is 0 Å². The molecule has 6 heteroatoms. The molecule has 0 bridgehead atoms. The molecule has 0 aromatic heterocycles. The molecule has 1 amide bonds. The zero-order valence-electron chi connectivity index (χ0n) is 19.3. The highest BCUT2D eigenvalue weighted by Gasteiger charge is 2.29. The van der Waals surface area contributed by atoms with Crippen LogP contribution in [0.4, 0.5) is 5.69 Å². The molecule has 1 N–H and O–H groups in total. The van der Waals surface area contributed by atoms with Crippen LogP contribution in [0.25, 0.3) is 0 Å². The van der Waals surface area contributed by atoms with Crippen molar-refractivity contribution in [3.63, 3.8) is 0 Å². The van der Waals surface area contributed by atoms with Crippen LogP contribution in [-0.4, -0.2) is 20.9 Å². The van der Waals surface area contributed by atoms with E-state index in [1.54, 1.807) is 36.4 Å². The number of hydrogen-bond donors (Lipinski definition) is 1. The third kappa shape index (κ3) is 4.81. The van der Waals surface area contributed by atoms with Crippen LogP contribution in [0.3, 0.4) is 0 Å². The van der Waals surface area contributed by atoms with E-state index < -0.39 is 10.0 Å². The molecule has 0 heterocycles. The lowest BCUT2D eigenvalue weighted by atomic mass is 10.0. The molecular weight excluding hydrogens is 432 g/mol. The maximum atomic E-state index is 13.6. The van der Waals surface area contributed by atoms with Gasteiger partial charge in [0, 0.05) is 0 Å². The summed E-state index contributed by atoms with van der Waals surface area (Å²) in [5.74, 6) is -0.344. The molecule has 0 saturated carbocycles. The summed E-state index contributed by atoms with van der Waals surface area (Å²) in [6.45, 7) is 5.45. The highest BCUT2D eigenvalue weighted by Crippen LogP contribution is 2.29. The summed E-state index contributed by atoms with van der Waals surface area (Å²) >= 11 is 0. The van der Waals surface area contributed by atoms with E-state index in [0.29, 0.717) is 5.69 Å². The van der Waals surface area contributed by atoms with Gasteiger partial charge in [-0.25, -0.2) is 8.42 Å². The van der Waals surface area contributed by atoms with Crippen molar-refractivity contribution in [3.8, 4) is 0 Å². The fourth-order valence-electron chi connectivity index (χ4n) is 4.39. The van der Waals surface area contributed by atoms with Gasteiger partial charge in [-0.2, -0.15) is 0 Å². The molecule has 3 aromatic rings. The molecule has 1 aliphatic rings. The molecule has 0 fully saturated rings. The Bertz CT molecular complexity index is 1270. The van der Waals surface area contributed by atoms with Crippen molar-refractivity contribution in [2.75, 3.05) is 10.8 Å². The number of anilines is 1. The fraction of sp³-hybridized carbons (Fsp3) is 0.296. The molecule has 5 nitrogen and oxygen atoms in total. The van der Waals surface area contributed by atoms with E-state index >= 15 is 0 Å². The molecule has 3 aromatic carbocycles. The Kier molecular flexibility index (Phi) is 6.56. The second kappa shape index (κ2) is 9.40. The van der Waals surface area contributed by atoms with Crippen LogP contribution in [0.1, 0.15) is 47.2 Å². The monoisotopic (exact) mass is 462 g/mol. The third-order valence-electron chi connectivity index (χ3n) is 6.46. The van der Waals surface area contributed by atoms with E-state index in [4.69, 9.17) is 0 Å². The summed E-state index contributed by atoms with van der Waals surface area (Å²) in [4.78, 5) is 13.3. The standard InChI is InChI=1S/C27H30N2O3S/c1-19-9-7-14-26(20(19)2)29(33(31,32)25-12-5-4-6-13-25)18-27(30)28-21(3)23-16-15-22-10-8-11-24(22)17-23/h4-7,9,12-17,21H,8,10-11,18H2,1-3H3,(H,28,30). The largest absolute Gasteiger partial charge is 0.348 e. The second-order valence-corrected chi connectivity index (χ2v) is 10.6. The zero-order chi connectivity index (χ0) is 23.6. The number of hydrogen-bond acceptors (Lipinski definition) is 3. The molecule has 172 valence electrons. The first-order chi connectivity index (χ1) is 15.8. The molecule has 1 unspecified atom stereocenters. The van der Waals surface area contributed by atoms with E-state index in [2.05, 4.69) is 23.5 Å². The third-order valence-corrected chi connectivity index (χ3v) is 8.24. The van der Waals surface area contributed by atoms with Crippen molar-refractivity contribution in [1.29, 1.82) is 0 Å². The van der Waals surface area contributed by atoms with Crippen LogP contribution >= 0.6 is 0 Å². The smallest absolute Gasteiger partial charge is 0.264 e. The maximum absolute atomic E-state index is 13.6. The Balaban J connectivity index is 1.61. The summed E-state index contributed by atoms with van der Waals surface area (Å²) in [5.41, 5.74) is 6.07. The summed E-state index contributed by atoms with van der Waals surface area (Å²) in [6.07, 6.45) is 3.35. The SMILES string of the molecule is Cc1cccc(N(CC(=O)NC(C)c2ccc3c(c2)CCC3)S(=O)(=O)c2ccccc2)c1C. The molecule has 33 heavy (non-hydrogen) atoms. The number of rotatable bonds is 7. The minimum absolute atomic E-state index is 0.158. The molecule has 4 rings (SSSR count). The number of nitrogens with one attached hydrogen (secondary N) is 1. The Morgan fingerprint density at radius 3 is 2.45 bits per heavy atom. The minimum atomic E-state index is -3.92. The molecule has 0 aliphatic heterocycles. The van der Waals surface area contributed by atoms with Crippen LogP contribution in [0.15, 0.2) is 71.6 Å². The van der Waals surface area contributed by atoms with Gasteiger partial charge in [-0.1, -0.05) is 48.5 Å². The Hall–Kier alpha value is -3.12. The summed E-state index contributed by atoms with van der Waals surface area (Å²) < 4.78 is 28.3. The zero-order valence-corrected chi connectivity index (χ0v) is 20.2. The average Bonchev–Trinajstić information content (AvgIpc) is 3.28. The summed E-state index contributed by atoms with van der Waals surface area (Å²) in [6, 6.07) is 19.9.